The third-order valence-corrected chi connectivity index (χ3v) is 6.02. The lowest BCUT2D eigenvalue weighted by Crippen LogP contribution is -2.40. The van der Waals surface area contributed by atoms with Gasteiger partial charge < -0.3 is 25.0 Å². The van der Waals surface area contributed by atoms with E-state index in [2.05, 4.69) is 20.4 Å². The van der Waals surface area contributed by atoms with Crippen molar-refractivity contribution >= 4 is 29.3 Å². The Labute approximate surface area is 205 Å². The maximum absolute atomic E-state index is 11.8. The smallest absolute Gasteiger partial charge is 0.409 e. The molecule has 0 spiro atoms. The Morgan fingerprint density at radius 2 is 2.08 bits per heavy atom. The van der Waals surface area contributed by atoms with Gasteiger partial charge in [-0.05, 0) is 43.5 Å². The molecule has 1 fully saturated rings. The van der Waals surface area contributed by atoms with E-state index in [0.717, 1.165) is 11.3 Å². The first-order valence-electron chi connectivity index (χ1n) is 11.5. The summed E-state index contributed by atoms with van der Waals surface area (Å²) in [6, 6.07) is 9.75. The van der Waals surface area contributed by atoms with Crippen LogP contribution >= 0.6 is 0 Å². The summed E-state index contributed by atoms with van der Waals surface area (Å²) < 4.78 is 6.45. The number of ether oxygens (including phenoxy) is 1. The summed E-state index contributed by atoms with van der Waals surface area (Å²) in [5.74, 6) is 0.302. The molecule has 0 radical (unpaired) electrons. The fourth-order valence-corrected chi connectivity index (χ4v) is 4.23. The molecule has 1 aromatic carbocycles. The lowest BCUT2D eigenvalue weighted by atomic mass is 10.1. The van der Waals surface area contributed by atoms with Crippen LogP contribution in [0.4, 0.5) is 16.3 Å². The van der Waals surface area contributed by atoms with Crippen molar-refractivity contribution < 1.29 is 14.6 Å². The van der Waals surface area contributed by atoms with Gasteiger partial charge in [0, 0.05) is 30.1 Å². The average molecular weight is 491 g/mol. The number of aromatic nitrogens is 5. The third kappa shape index (κ3) is 4.78. The Balaban J connectivity index is 1.58. The van der Waals surface area contributed by atoms with Crippen LogP contribution in [0.15, 0.2) is 46.3 Å². The van der Waals surface area contributed by atoms with Crippen molar-refractivity contribution in [3.63, 3.8) is 0 Å². The SMILES string of the molecule is COC(=O)N1CCC(N=c2cc(Nc3cccc(C)c3)nc3c(=Cc4[nH]c(=O)[nH]c4O)cnn23)CC1. The maximum atomic E-state index is 11.8. The van der Waals surface area contributed by atoms with Gasteiger partial charge in [-0.1, -0.05) is 12.1 Å². The van der Waals surface area contributed by atoms with Crippen LogP contribution in [0, 0.1) is 6.92 Å². The molecule has 3 aromatic heterocycles. The number of H-pyrrole nitrogens is 2. The number of nitrogens with zero attached hydrogens (tertiary/aromatic N) is 5. The Morgan fingerprint density at radius 3 is 2.78 bits per heavy atom. The number of anilines is 2. The van der Waals surface area contributed by atoms with Gasteiger partial charge >= 0.3 is 11.8 Å². The van der Waals surface area contributed by atoms with Crippen LogP contribution in [-0.4, -0.2) is 66.9 Å². The number of amides is 1. The Hall–Kier alpha value is -4.61. The van der Waals surface area contributed by atoms with Crippen molar-refractivity contribution in [2.45, 2.75) is 25.8 Å². The summed E-state index contributed by atoms with van der Waals surface area (Å²) in [6.07, 6.45) is 4.25. The van der Waals surface area contributed by atoms with Crippen LogP contribution in [0.5, 0.6) is 5.88 Å². The molecule has 4 heterocycles. The second-order valence-corrected chi connectivity index (χ2v) is 8.63. The Kier molecular flexibility index (Phi) is 6.15. The summed E-state index contributed by atoms with van der Waals surface area (Å²) in [6.45, 7) is 3.13. The van der Waals surface area contributed by atoms with Crippen molar-refractivity contribution in [2.75, 3.05) is 25.5 Å². The lowest BCUT2D eigenvalue weighted by Gasteiger charge is -2.28. The van der Waals surface area contributed by atoms with Gasteiger partial charge in [0.05, 0.1) is 19.3 Å². The number of aromatic amines is 2. The molecule has 36 heavy (non-hydrogen) atoms. The van der Waals surface area contributed by atoms with Crippen molar-refractivity contribution in [1.29, 1.82) is 0 Å². The van der Waals surface area contributed by atoms with Crippen LogP contribution < -0.4 is 21.7 Å². The number of hydrogen-bond acceptors (Lipinski definition) is 8. The van der Waals surface area contributed by atoms with Gasteiger partial charge in [0.15, 0.2) is 11.1 Å². The molecule has 0 aliphatic carbocycles. The number of carbonyl (C=O) groups is 1. The minimum Gasteiger partial charge on any atom is -0.493 e. The predicted molar refractivity (Wildman–Crippen MR) is 132 cm³/mol. The van der Waals surface area contributed by atoms with Crippen LogP contribution in [-0.2, 0) is 4.74 Å². The lowest BCUT2D eigenvalue weighted by molar-refractivity contribution is 0.112. The standard InChI is InChI=1S/C24H26N8O4/c1-14-4-3-5-17(10-14)26-19-12-20(27-16-6-8-31(9-7-16)24(35)36-2)32-21(29-19)15(13-25-32)11-18-22(33)30-23(34)28-18/h3-5,10-13,16,26,33H,6-9H2,1-2H3,(H2,28,30,34). The van der Waals surface area contributed by atoms with Gasteiger partial charge in [0.1, 0.15) is 11.5 Å². The predicted octanol–water partition coefficient (Wildman–Crippen LogP) is 1.18. The van der Waals surface area contributed by atoms with E-state index < -0.39 is 5.69 Å². The molecule has 5 rings (SSSR count). The highest BCUT2D eigenvalue weighted by Gasteiger charge is 2.23. The van der Waals surface area contributed by atoms with Gasteiger partial charge in [0.25, 0.3) is 0 Å². The molecule has 1 aliphatic rings. The summed E-state index contributed by atoms with van der Waals surface area (Å²) in [4.78, 5) is 39.6. The number of likely N-dealkylation sites (tertiary alicyclic amines) is 1. The zero-order chi connectivity index (χ0) is 25.2. The van der Waals surface area contributed by atoms with Crippen molar-refractivity contribution in [2.24, 2.45) is 4.99 Å². The maximum Gasteiger partial charge on any atom is 0.409 e. The molecule has 186 valence electrons. The van der Waals surface area contributed by atoms with E-state index in [4.69, 9.17) is 14.7 Å². The molecule has 0 bridgehead atoms. The fourth-order valence-electron chi connectivity index (χ4n) is 4.23. The van der Waals surface area contributed by atoms with E-state index >= 15 is 0 Å². The quantitative estimate of drug-likeness (QED) is 0.335. The molecule has 1 aliphatic heterocycles. The summed E-state index contributed by atoms with van der Waals surface area (Å²) in [5.41, 5.74) is 2.79. The number of piperidine rings is 1. The number of aryl methyl sites for hydroxylation is 1. The van der Waals surface area contributed by atoms with Gasteiger partial charge in [-0.3, -0.25) is 9.98 Å². The van der Waals surface area contributed by atoms with Crippen LogP contribution in [0.2, 0.25) is 0 Å². The van der Waals surface area contributed by atoms with Crippen LogP contribution in [0.3, 0.4) is 0 Å². The van der Waals surface area contributed by atoms with Crippen LogP contribution in [0.1, 0.15) is 24.1 Å². The van der Waals surface area contributed by atoms with Crippen molar-refractivity contribution in [1.82, 2.24) is 29.5 Å². The molecule has 0 atom stereocenters. The van der Waals surface area contributed by atoms with Gasteiger partial charge in [0.2, 0.25) is 5.88 Å². The monoisotopic (exact) mass is 490 g/mol. The minimum absolute atomic E-state index is 0.00923. The number of hydrogen-bond donors (Lipinski definition) is 4. The largest absolute Gasteiger partial charge is 0.493 e. The summed E-state index contributed by atoms with van der Waals surface area (Å²) in [7, 11) is 1.38. The minimum atomic E-state index is -0.515. The second-order valence-electron chi connectivity index (χ2n) is 8.63. The number of fused-ring (bicyclic) bond motifs is 1. The van der Waals surface area contributed by atoms with E-state index in [0.29, 0.717) is 48.1 Å². The zero-order valence-corrected chi connectivity index (χ0v) is 19.9. The second kappa shape index (κ2) is 9.56. The van der Waals surface area contributed by atoms with E-state index in [-0.39, 0.29) is 23.7 Å². The number of imidazole rings is 1. The molecule has 1 amide bonds. The number of rotatable bonds is 4. The van der Waals surface area contributed by atoms with Crippen LogP contribution in [0.25, 0.3) is 11.7 Å². The molecule has 0 unspecified atom stereocenters. The van der Waals surface area contributed by atoms with Gasteiger partial charge in [-0.25, -0.2) is 14.6 Å². The highest BCUT2D eigenvalue weighted by atomic mass is 16.5. The van der Waals surface area contributed by atoms with Crippen molar-refractivity contribution in [3.05, 3.63) is 69.0 Å². The Bertz CT molecular complexity index is 1590. The first-order chi connectivity index (χ1) is 17.4. The van der Waals surface area contributed by atoms with Crippen molar-refractivity contribution in [3.8, 4) is 5.88 Å². The normalized spacial score (nSPS) is 15.6. The summed E-state index contributed by atoms with van der Waals surface area (Å²) >= 11 is 0. The first-order valence-corrected chi connectivity index (χ1v) is 11.5. The highest BCUT2D eigenvalue weighted by molar-refractivity contribution is 5.67. The number of aromatic hydroxyl groups is 1. The molecule has 4 aromatic rings. The third-order valence-electron chi connectivity index (χ3n) is 6.02. The van der Waals surface area contributed by atoms with Gasteiger partial charge in [-0.15, -0.1) is 0 Å². The Morgan fingerprint density at radius 1 is 1.28 bits per heavy atom. The molecule has 0 saturated carbocycles. The first kappa shape index (κ1) is 23.1. The molecular weight excluding hydrogens is 464 g/mol. The van der Waals surface area contributed by atoms with Gasteiger partial charge in [-0.2, -0.15) is 9.61 Å². The topological polar surface area (TPSA) is 153 Å². The molecular formula is C24H26N8O4. The van der Waals surface area contributed by atoms with E-state index in [9.17, 15) is 14.7 Å². The van der Waals surface area contributed by atoms with E-state index in [1.807, 2.05) is 37.3 Å². The number of methoxy groups -OCH3 is 1. The zero-order valence-electron chi connectivity index (χ0n) is 19.9. The molecule has 12 nitrogen and oxygen atoms in total. The summed E-state index contributed by atoms with van der Waals surface area (Å²) in [5, 5.41) is 18.4. The van der Waals surface area contributed by atoms with E-state index in [1.54, 1.807) is 21.7 Å². The average Bonchev–Trinajstić information content (AvgIpc) is 3.41. The fraction of sp³-hybridized carbons (Fsp3) is 0.292. The molecule has 1 saturated heterocycles. The number of benzene rings is 1. The number of nitrogens with one attached hydrogen (secondary N) is 3. The van der Waals surface area contributed by atoms with E-state index in [1.165, 1.54) is 7.11 Å². The molecule has 12 heteroatoms. The highest BCUT2D eigenvalue weighted by Crippen LogP contribution is 2.17. The molecule has 4 N–H and O–H groups in total. The number of carbonyl (C=O) groups excluding carboxylic acids is 1.